The Kier molecular flexibility index (Phi) is 14.1. The third-order valence-electron chi connectivity index (χ3n) is 3.23. The summed E-state index contributed by atoms with van der Waals surface area (Å²) in [7, 11) is 4.31. The zero-order valence-corrected chi connectivity index (χ0v) is 17.1. The van der Waals surface area contributed by atoms with Crippen molar-refractivity contribution in [1.29, 1.82) is 0 Å². The number of amides is 1. The van der Waals surface area contributed by atoms with Gasteiger partial charge in [0.1, 0.15) is 6.04 Å². The van der Waals surface area contributed by atoms with E-state index in [2.05, 4.69) is 10.1 Å². The number of Topliss-reactive ketones (excluding diaryl/α,β-unsaturated/α-hetero) is 1. The van der Waals surface area contributed by atoms with Crippen LogP contribution >= 0.6 is 21.6 Å². The molecule has 26 heavy (non-hydrogen) atoms. The highest BCUT2D eigenvalue weighted by Crippen LogP contribution is 2.22. The zero-order chi connectivity index (χ0) is 19.9. The Hall–Kier alpha value is -1.26. The van der Waals surface area contributed by atoms with Gasteiger partial charge in [0.25, 0.3) is 0 Å². The third kappa shape index (κ3) is 11.4. The normalized spacial score (nSPS) is 12.8. The summed E-state index contributed by atoms with van der Waals surface area (Å²) < 4.78 is 9.31. The molecule has 1 amide bonds. The van der Waals surface area contributed by atoms with Gasteiger partial charge in [-0.1, -0.05) is 28.5 Å². The molecule has 0 unspecified atom stereocenters. The second-order valence-corrected chi connectivity index (χ2v) is 8.05. The molecule has 8 nitrogen and oxygen atoms in total. The predicted molar refractivity (Wildman–Crippen MR) is 103 cm³/mol. The van der Waals surface area contributed by atoms with E-state index in [0.29, 0.717) is 5.75 Å². The fourth-order valence-corrected chi connectivity index (χ4v) is 3.70. The highest BCUT2D eigenvalue weighted by Gasteiger charge is 2.23. The van der Waals surface area contributed by atoms with Gasteiger partial charge in [0.05, 0.1) is 26.2 Å². The van der Waals surface area contributed by atoms with Crippen molar-refractivity contribution in [2.24, 2.45) is 5.73 Å². The quantitative estimate of drug-likeness (QED) is 0.246. The maximum Gasteiger partial charge on any atom is 0.322 e. The van der Waals surface area contributed by atoms with Crippen molar-refractivity contribution in [2.75, 3.05) is 25.2 Å². The first-order chi connectivity index (χ1) is 12.3. The molecule has 0 saturated heterocycles. The molecular formula is C16H28N2O6S2. The number of nitrogens with two attached hydrogens (primary N) is 1. The smallest absolute Gasteiger partial charge is 0.322 e. The lowest BCUT2D eigenvalue weighted by molar-refractivity contribution is -0.145. The largest absolute Gasteiger partial charge is 0.469 e. The van der Waals surface area contributed by atoms with Gasteiger partial charge in [-0.15, -0.1) is 0 Å². The lowest BCUT2D eigenvalue weighted by Gasteiger charge is -2.17. The molecule has 0 aliphatic rings. The monoisotopic (exact) mass is 408 g/mol. The number of rotatable bonds is 14. The number of carbonyl (C=O) groups excluding carboxylic acids is 4. The first kappa shape index (κ1) is 24.7. The van der Waals surface area contributed by atoms with Gasteiger partial charge in [-0.3, -0.25) is 19.2 Å². The fourth-order valence-electron chi connectivity index (χ4n) is 1.84. The van der Waals surface area contributed by atoms with Crippen molar-refractivity contribution in [1.82, 2.24) is 5.32 Å². The van der Waals surface area contributed by atoms with Crippen LogP contribution in [0.5, 0.6) is 0 Å². The van der Waals surface area contributed by atoms with Crippen molar-refractivity contribution < 1.29 is 28.7 Å². The number of methoxy groups -OCH3 is 1. The Morgan fingerprint density at radius 1 is 1.08 bits per heavy atom. The Labute approximate surface area is 162 Å². The molecule has 0 rings (SSSR count). The molecule has 0 bridgehead atoms. The van der Waals surface area contributed by atoms with Crippen LogP contribution < -0.4 is 11.1 Å². The molecule has 2 atom stereocenters. The summed E-state index contributed by atoms with van der Waals surface area (Å²) >= 11 is 0. The Morgan fingerprint density at radius 3 is 2.35 bits per heavy atom. The average Bonchev–Trinajstić information content (AvgIpc) is 2.63. The van der Waals surface area contributed by atoms with Crippen LogP contribution in [-0.2, 0) is 28.7 Å². The summed E-state index contributed by atoms with van der Waals surface area (Å²) in [5, 5.41) is 2.66. The third-order valence-corrected chi connectivity index (χ3v) is 5.72. The first-order valence-electron chi connectivity index (χ1n) is 8.41. The van der Waals surface area contributed by atoms with E-state index in [1.165, 1.54) is 17.9 Å². The summed E-state index contributed by atoms with van der Waals surface area (Å²) in [6.07, 6.45) is 0.106. The van der Waals surface area contributed by atoms with E-state index in [4.69, 9.17) is 10.5 Å². The van der Waals surface area contributed by atoms with Crippen LogP contribution in [0.1, 0.15) is 39.5 Å². The van der Waals surface area contributed by atoms with E-state index in [1.807, 2.05) is 6.92 Å². The van der Waals surface area contributed by atoms with Gasteiger partial charge in [0, 0.05) is 24.3 Å². The molecule has 0 fully saturated rings. The van der Waals surface area contributed by atoms with Crippen LogP contribution in [0.4, 0.5) is 0 Å². The van der Waals surface area contributed by atoms with Crippen LogP contribution in [0.3, 0.4) is 0 Å². The predicted octanol–water partition coefficient (Wildman–Crippen LogP) is 1.07. The van der Waals surface area contributed by atoms with Crippen LogP contribution in [-0.4, -0.2) is 60.9 Å². The van der Waals surface area contributed by atoms with E-state index in [9.17, 15) is 19.2 Å². The van der Waals surface area contributed by atoms with Crippen LogP contribution in [0.25, 0.3) is 0 Å². The molecule has 0 radical (unpaired) electrons. The minimum atomic E-state index is -0.876. The zero-order valence-electron chi connectivity index (χ0n) is 15.4. The maximum atomic E-state index is 12.3. The van der Waals surface area contributed by atoms with Crippen molar-refractivity contribution in [2.45, 2.75) is 51.6 Å². The number of nitrogens with one attached hydrogen (secondary N) is 1. The Morgan fingerprint density at radius 2 is 1.77 bits per heavy atom. The van der Waals surface area contributed by atoms with E-state index in [-0.39, 0.29) is 44.0 Å². The van der Waals surface area contributed by atoms with Crippen LogP contribution in [0.2, 0.25) is 0 Å². The SMILES string of the molecule is CCOC(=O)[C@@H](N)CCC(=O)N[C@@H](CSSCC)C(=O)CCC(=O)OC. The minimum Gasteiger partial charge on any atom is -0.469 e. The van der Waals surface area contributed by atoms with E-state index >= 15 is 0 Å². The topological polar surface area (TPSA) is 125 Å². The number of ether oxygens (including phenoxy) is 2. The summed E-state index contributed by atoms with van der Waals surface area (Å²) in [6, 6.07) is -1.57. The molecule has 0 saturated carbocycles. The number of hydrogen-bond acceptors (Lipinski definition) is 9. The second-order valence-electron chi connectivity index (χ2n) is 5.25. The van der Waals surface area contributed by atoms with Crippen molar-refractivity contribution in [3.8, 4) is 0 Å². The average molecular weight is 409 g/mol. The van der Waals surface area contributed by atoms with Gasteiger partial charge >= 0.3 is 11.9 Å². The molecule has 0 aliphatic heterocycles. The lowest BCUT2D eigenvalue weighted by atomic mass is 10.1. The van der Waals surface area contributed by atoms with Crippen molar-refractivity contribution in [3.63, 3.8) is 0 Å². The molecule has 150 valence electrons. The molecule has 0 heterocycles. The van der Waals surface area contributed by atoms with Crippen molar-refractivity contribution >= 4 is 45.2 Å². The summed E-state index contributed by atoms with van der Waals surface area (Å²) in [6.45, 7) is 3.89. The Balaban J connectivity index is 4.54. The molecule has 0 aromatic carbocycles. The highest BCUT2D eigenvalue weighted by atomic mass is 33.1. The van der Waals surface area contributed by atoms with Gasteiger partial charge < -0.3 is 20.5 Å². The van der Waals surface area contributed by atoms with Crippen LogP contribution in [0, 0.1) is 0 Å². The molecule has 0 aliphatic carbocycles. The summed E-state index contributed by atoms with van der Waals surface area (Å²) in [5.74, 6) is -0.365. The molecule has 3 N–H and O–H groups in total. The Bertz CT molecular complexity index is 476. The molecule has 0 spiro atoms. The number of esters is 2. The summed E-state index contributed by atoms with van der Waals surface area (Å²) in [5.41, 5.74) is 5.66. The van der Waals surface area contributed by atoms with Gasteiger partial charge in [-0.25, -0.2) is 0 Å². The van der Waals surface area contributed by atoms with Crippen molar-refractivity contribution in [3.05, 3.63) is 0 Å². The molecule has 0 aromatic rings. The van der Waals surface area contributed by atoms with E-state index < -0.39 is 24.0 Å². The molecular weight excluding hydrogens is 380 g/mol. The second kappa shape index (κ2) is 14.9. The first-order valence-corrected chi connectivity index (χ1v) is 10.9. The molecule has 0 aromatic heterocycles. The maximum absolute atomic E-state index is 12.3. The number of hydrogen-bond donors (Lipinski definition) is 2. The highest BCUT2D eigenvalue weighted by molar-refractivity contribution is 8.76. The van der Waals surface area contributed by atoms with Gasteiger partial charge in [-0.2, -0.15) is 0 Å². The standard InChI is InChI=1S/C16H28N2O6S2/c1-4-24-16(22)11(17)6-8-14(20)18-12(10-26-25-5-2)13(19)7-9-15(21)23-3/h11-12H,4-10,17H2,1-3H3,(H,18,20)/t11-,12-/m0/s1. The van der Waals surface area contributed by atoms with Gasteiger partial charge in [-0.05, 0) is 13.3 Å². The molecule has 10 heteroatoms. The minimum absolute atomic E-state index is 0.00267. The number of ketones is 1. The van der Waals surface area contributed by atoms with Crippen LogP contribution in [0.15, 0.2) is 0 Å². The summed E-state index contributed by atoms with van der Waals surface area (Å²) in [4.78, 5) is 47.0. The van der Waals surface area contributed by atoms with Gasteiger partial charge in [0.2, 0.25) is 5.91 Å². The van der Waals surface area contributed by atoms with Gasteiger partial charge in [0.15, 0.2) is 5.78 Å². The lowest BCUT2D eigenvalue weighted by Crippen LogP contribution is -2.43. The number of carbonyl (C=O) groups is 4. The van der Waals surface area contributed by atoms with E-state index in [0.717, 1.165) is 5.75 Å². The van der Waals surface area contributed by atoms with E-state index in [1.54, 1.807) is 17.7 Å². The fraction of sp³-hybridized carbons (Fsp3) is 0.750.